The first-order chi connectivity index (χ1) is 9.13. The summed E-state index contributed by atoms with van der Waals surface area (Å²) in [6.07, 6.45) is -0.923. The van der Waals surface area contributed by atoms with E-state index >= 15 is 0 Å². The van der Waals surface area contributed by atoms with E-state index in [9.17, 15) is 14.4 Å². The Morgan fingerprint density at radius 1 is 1.21 bits per heavy atom. The molecule has 1 aromatic carbocycles. The van der Waals surface area contributed by atoms with E-state index < -0.39 is 18.2 Å². The van der Waals surface area contributed by atoms with Crippen molar-refractivity contribution in [2.75, 3.05) is 13.2 Å². The van der Waals surface area contributed by atoms with Crippen molar-refractivity contribution in [3.05, 3.63) is 35.9 Å². The van der Waals surface area contributed by atoms with Crippen LogP contribution in [0.5, 0.6) is 0 Å². The molecule has 6 nitrogen and oxygen atoms in total. The Morgan fingerprint density at radius 3 is 2.47 bits per heavy atom. The Morgan fingerprint density at radius 2 is 1.89 bits per heavy atom. The van der Waals surface area contributed by atoms with E-state index in [0.717, 1.165) is 6.92 Å². The first-order valence-electron chi connectivity index (χ1n) is 5.59. The molecule has 0 heterocycles. The summed E-state index contributed by atoms with van der Waals surface area (Å²) in [5.41, 5.74) is 0.425. The van der Waals surface area contributed by atoms with Gasteiger partial charge in [-0.25, -0.2) is 4.79 Å². The van der Waals surface area contributed by atoms with Crippen LogP contribution in [0.1, 0.15) is 17.3 Å². The van der Waals surface area contributed by atoms with Crippen molar-refractivity contribution in [2.24, 2.45) is 0 Å². The summed E-state index contributed by atoms with van der Waals surface area (Å²) in [6.45, 7) is 1.07. The maximum atomic E-state index is 11.5. The molecule has 19 heavy (non-hydrogen) atoms. The molecule has 1 unspecified atom stereocenters. The zero-order valence-corrected chi connectivity index (χ0v) is 10.4. The lowest BCUT2D eigenvalue weighted by molar-refractivity contribution is -0.178. The van der Waals surface area contributed by atoms with Crippen molar-refractivity contribution in [3.63, 3.8) is 0 Å². The van der Waals surface area contributed by atoms with E-state index in [1.807, 2.05) is 0 Å². The van der Waals surface area contributed by atoms with Gasteiger partial charge in [0, 0.05) is 6.92 Å². The van der Waals surface area contributed by atoms with Crippen molar-refractivity contribution in [2.45, 2.75) is 13.2 Å². The molecular formula is C13H14O6. The molecule has 0 amide bonds. The summed E-state index contributed by atoms with van der Waals surface area (Å²) in [4.78, 5) is 32.6. The van der Waals surface area contributed by atoms with E-state index in [-0.39, 0.29) is 13.2 Å². The van der Waals surface area contributed by atoms with Gasteiger partial charge in [-0.2, -0.15) is 0 Å². The van der Waals surface area contributed by atoms with Crippen LogP contribution in [0.25, 0.3) is 0 Å². The van der Waals surface area contributed by atoms with Gasteiger partial charge in [-0.1, -0.05) is 18.2 Å². The van der Waals surface area contributed by atoms with E-state index in [4.69, 9.17) is 9.47 Å². The summed E-state index contributed by atoms with van der Waals surface area (Å²) in [7, 11) is 0. The summed E-state index contributed by atoms with van der Waals surface area (Å²) in [5, 5.41) is 0. The highest BCUT2D eigenvalue weighted by Crippen LogP contribution is 2.01. The Balaban J connectivity index is 2.25. The molecule has 102 valence electrons. The van der Waals surface area contributed by atoms with Crippen molar-refractivity contribution in [3.8, 4) is 0 Å². The Labute approximate surface area is 110 Å². The third-order valence-electron chi connectivity index (χ3n) is 2.00. The highest BCUT2D eigenvalue weighted by atomic mass is 16.7. The van der Waals surface area contributed by atoms with Crippen LogP contribution in [0.3, 0.4) is 0 Å². The lowest BCUT2D eigenvalue weighted by Gasteiger charge is -2.11. The molecule has 0 radical (unpaired) electrons. The van der Waals surface area contributed by atoms with Gasteiger partial charge in [0.1, 0.15) is 6.61 Å². The lowest BCUT2D eigenvalue weighted by Crippen LogP contribution is -2.24. The molecule has 0 aliphatic rings. The molecule has 0 spiro atoms. The van der Waals surface area contributed by atoms with Gasteiger partial charge in [-0.15, -0.1) is 0 Å². The zero-order chi connectivity index (χ0) is 14.1. The highest BCUT2D eigenvalue weighted by molar-refractivity contribution is 5.89. The number of carbonyl (C=O) groups excluding carboxylic acids is 3. The fourth-order valence-corrected chi connectivity index (χ4v) is 1.22. The molecule has 0 aliphatic carbocycles. The molecule has 6 heteroatoms. The fourth-order valence-electron chi connectivity index (χ4n) is 1.22. The molecule has 0 saturated carbocycles. The Bertz CT molecular complexity index is 428. The standard InChI is InChI=1S/C13H14O6/c1-10(15)19-12(9-14)17-7-8-18-13(16)11-5-3-2-4-6-11/h2-6,9,12H,7-8H2,1H3. The van der Waals surface area contributed by atoms with Gasteiger partial charge in [0.05, 0.1) is 12.2 Å². The first-order valence-corrected chi connectivity index (χ1v) is 5.59. The number of rotatable bonds is 7. The smallest absolute Gasteiger partial charge is 0.338 e. The topological polar surface area (TPSA) is 78.9 Å². The summed E-state index contributed by atoms with van der Waals surface area (Å²) < 4.78 is 14.3. The first kappa shape index (κ1) is 14.8. The molecule has 0 aromatic heterocycles. The minimum atomic E-state index is -1.27. The molecule has 0 aliphatic heterocycles. The minimum Gasteiger partial charge on any atom is -0.460 e. The molecule has 0 saturated heterocycles. The average Bonchev–Trinajstić information content (AvgIpc) is 2.42. The fraction of sp³-hybridized carbons (Fsp3) is 0.308. The number of benzene rings is 1. The van der Waals surface area contributed by atoms with Crippen molar-refractivity contribution in [1.82, 2.24) is 0 Å². The van der Waals surface area contributed by atoms with E-state index in [2.05, 4.69) is 4.74 Å². The van der Waals surface area contributed by atoms with Gasteiger partial charge in [-0.3, -0.25) is 9.59 Å². The average molecular weight is 266 g/mol. The van der Waals surface area contributed by atoms with E-state index in [1.54, 1.807) is 30.3 Å². The Kier molecular flexibility index (Phi) is 6.25. The number of ether oxygens (including phenoxy) is 3. The normalized spacial score (nSPS) is 11.4. The van der Waals surface area contributed by atoms with Crippen LogP contribution in [0.2, 0.25) is 0 Å². The molecular weight excluding hydrogens is 252 g/mol. The van der Waals surface area contributed by atoms with E-state index in [1.165, 1.54) is 0 Å². The number of esters is 2. The van der Waals surface area contributed by atoms with Crippen LogP contribution in [-0.2, 0) is 23.8 Å². The van der Waals surface area contributed by atoms with Gasteiger partial charge in [0.15, 0.2) is 6.29 Å². The zero-order valence-electron chi connectivity index (χ0n) is 10.4. The van der Waals surface area contributed by atoms with Gasteiger partial charge in [0.2, 0.25) is 0 Å². The monoisotopic (exact) mass is 266 g/mol. The molecule has 1 rings (SSSR count). The van der Waals surface area contributed by atoms with Gasteiger partial charge in [0.25, 0.3) is 6.29 Å². The van der Waals surface area contributed by atoms with Crippen LogP contribution in [-0.4, -0.2) is 37.7 Å². The van der Waals surface area contributed by atoms with Crippen LogP contribution in [0, 0.1) is 0 Å². The van der Waals surface area contributed by atoms with Gasteiger partial charge >= 0.3 is 11.9 Å². The minimum absolute atomic E-state index is 0.0423. The second kappa shape index (κ2) is 7.99. The number of aldehydes is 1. The maximum absolute atomic E-state index is 11.5. The van der Waals surface area contributed by atoms with Crippen LogP contribution in [0.4, 0.5) is 0 Å². The number of carbonyl (C=O) groups is 3. The lowest BCUT2D eigenvalue weighted by atomic mass is 10.2. The summed E-state index contributed by atoms with van der Waals surface area (Å²) in [5.74, 6) is -1.11. The van der Waals surface area contributed by atoms with Crippen LogP contribution >= 0.6 is 0 Å². The second-order valence-electron chi connectivity index (χ2n) is 3.49. The number of hydrogen-bond donors (Lipinski definition) is 0. The Hall–Kier alpha value is -2.21. The largest absolute Gasteiger partial charge is 0.460 e. The van der Waals surface area contributed by atoms with Crippen molar-refractivity contribution < 1.29 is 28.6 Å². The third-order valence-corrected chi connectivity index (χ3v) is 2.00. The van der Waals surface area contributed by atoms with Gasteiger partial charge in [-0.05, 0) is 12.1 Å². The molecule has 0 fully saturated rings. The quantitative estimate of drug-likeness (QED) is 0.316. The predicted octanol–water partition coefficient (Wildman–Crippen LogP) is 0.948. The predicted molar refractivity (Wildman–Crippen MR) is 64.3 cm³/mol. The molecule has 0 bridgehead atoms. The second-order valence-corrected chi connectivity index (χ2v) is 3.49. The van der Waals surface area contributed by atoms with Crippen LogP contribution < -0.4 is 0 Å². The van der Waals surface area contributed by atoms with Crippen molar-refractivity contribution >= 4 is 18.2 Å². The summed E-state index contributed by atoms with van der Waals surface area (Å²) >= 11 is 0. The maximum Gasteiger partial charge on any atom is 0.338 e. The molecule has 1 atom stereocenters. The summed E-state index contributed by atoms with van der Waals surface area (Å²) in [6, 6.07) is 8.46. The van der Waals surface area contributed by atoms with Gasteiger partial charge < -0.3 is 14.2 Å². The number of hydrogen-bond acceptors (Lipinski definition) is 6. The highest BCUT2D eigenvalue weighted by Gasteiger charge is 2.11. The SMILES string of the molecule is CC(=O)OC(C=O)OCCOC(=O)c1ccccc1. The van der Waals surface area contributed by atoms with Crippen LogP contribution in [0.15, 0.2) is 30.3 Å². The molecule has 1 aromatic rings. The van der Waals surface area contributed by atoms with Crippen molar-refractivity contribution in [1.29, 1.82) is 0 Å². The molecule has 0 N–H and O–H groups in total. The van der Waals surface area contributed by atoms with E-state index in [0.29, 0.717) is 11.8 Å². The third kappa shape index (κ3) is 5.78.